The highest BCUT2D eigenvalue weighted by molar-refractivity contribution is 5.76. The maximum Gasteiger partial charge on any atom is 0.220 e. The van der Waals surface area contributed by atoms with Crippen molar-refractivity contribution in [2.75, 3.05) is 27.2 Å². The fourth-order valence-corrected chi connectivity index (χ4v) is 2.63. The van der Waals surface area contributed by atoms with Gasteiger partial charge in [-0.1, -0.05) is 0 Å². The summed E-state index contributed by atoms with van der Waals surface area (Å²) >= 11 is 0. The molecule has 0 unspecified atom stereocenters. The fourth-order valence-electron chi connectivity index (χ4n) is 2.63. The van der Waals surface area contributed by atoms with Gasteiger partial charge < -0.3 is 15.0 Å². The van der Waals surface area contributed by atoms with Crippen molar-refractivity contribution in [3.8, 4) is 0 Å². The first-order valence-electron chi connectivity index (χ1n) is 7.02. The number of nitrogens with zero attached hydrogens (tertiary/aromatic N) is 2. The third-order valence-corrected chi connectivity index (χ3v) is 4.04. The number of carbonyl (C=O) groups excluding carboxylic acids is 1. The van der Waals surface area contributed by atoms with E-state index in [-0.39, 0.29) is 18.1 Å². The van der Waals surface area contributed by atoms with Crippen LogP contribution in [0.5, 0.6) is 0 Å². The first-order valence-corrected chi connectivity index (χ1v) is 7.02. The molecule has 1 amide bonds. The van der Waals surface area contributed by atoms with Gasteiger partial charge in [0.1, 0.15) is 0 Å². The van der Waals surface area contributed by atoms with Gasteiger partial charge in [0.05, 0.1) is 17.8 Å². The number of carbonyl (C=O) groups is 1. The van der Waals surface area contributed by atoms with E-state index < -0.39 is 0 Å². The summed E-state index contributed by atoms with van der Waals surface area (Å²) in [6.45, 7) is 5.71. The van der Waals surface area contributed by atoms with Gasteiger partial charge in [0.25, 0.3) is 0 Å². The number of amides is 1. The van der Waals surface area contributed by atoms with Gasteiger partial charge in [-0.3, -0.25) is 9.89 Å². The Hall–Kier alpha value is -1.40. The largest absolute Gasteiger partial charge is 0.378 e. The van der Waals surface area contributed by atoms with E-state index in [1.165, 1.54) is 0 Å². The second-order valence-corrected chi connectivity index (χ2v) is 5.59. The van der Waals surface area contributed by atoms with E-state index in [1.54, 1.807) is 7.11 Å². The van der Waals surface area contributed by atoms with Crippen molar-refractivity contribution in [2.24, 2.45) is 0 Å². The Morgan fingerprint density at radius 1 is 1.50 bits per heavy atom. The van der Waals surface area contributed by atoms with Crippen LogP contribution in [0.2, 0.25) is 0 Å². The first-order chi connectivity index (χ1) is 9.51. The number of hydrogen-bond donors (Lipinski definition) is 2. The number of aryl methyl sites for hydroxylation is 2. The Morgan fingerprint density at radius 3 is 2.85 bits per heavy atom. The van der Waals surface area contributed by atoms with Crippen molar-refractivity contribution in [3.05, 3.63) is 17.0 Å². The number of aromatic amines is 1. The molecule has 1 saturated heterocycles. The third kappa shape index (κ3) is 3.37. The zero-order valence-electron chi connectivity index (χ0n) is 12.7. The van der Waals surface area contributed by atoms with E-state index in [2.05, 4.69) is 20.4 Å². The molecule has 6 nitrogen and oxygen atoms in total. The van der Waals surface area contributed by atoms with Crippen LogP contribution in [0.3, 0.4) is 0 Å². The van der Waals surface area contributed by atoms with Gasteiger partial charge >= 0.3 is 0 Å². The van der Waals surface area contributed by atoms with E-state index in [4.69, 9.17) is 4.74 Å². The standard InChI is InChI=1S/C14H24N4O2/c1-9-10(2)16-17-11(9)5-6-14(19)15-12-7-18(3)8-13(12)20-4/h12-13H,5-8H2,1-4H3,(H,15,19)(H,16,17)/t12-,13-/m0/s1. The maximum atomic E-state index is 12.0. The summed E-state index contributed by atoms with van der Waals surface area (Å²) in [5, 5.41) is 10.2. The fraction of sp³-hybridized carbons (Fsp3) is 0.714. The average Bonchev–Trinajstić information content (AvgIpc) is 2.92. The highest BCUT2D eigenvalue weighted by Gasteiger charge is 2.31. The number of methoxy groups -OCH3 is 1. The minimum absolute atomic E-state index is 0.0624. The third-order valence-electron chi connectivity index (χ3n) is 4.04. The highest BCUT2D eigenvalue weighted by atomic mass is 16.5. The number of nitrogens with one attached hydrogen (secondary N) is 2. The molecule has 0 spiro atoms. The Morgan fingerprint density at radius 2 is 2.25 bits per heavy atom. The lowest BCUT2D eigenvalue weighted by molar-refractivity contribution is -0.122. The number of hydrogen-bond acceptors (Lipinski definition) is 4. The van der Waals surface area contributed by atoms with E-state index in [9.17, 15) is 4.79 Å². The summed E-state index contributed by atoms with van der Waals surface area (Å²) < 4.78 is 5.41. The lowest BCUT2D eigenvalue weighted by Gasteiger charge is -2.18. The minimum Gasteiger partial charge on any atom is -0.378 e. The van der Waals surface area contributed by atoms with Crippen LogP contribution in [0.4, 0.5) is 0 Å². The SMILES string of the molecule is CO[C@H]1CN(C)C[C@@H]1NC(=O)CCc1n[nH]c(C)c1C. The van der Waals surface area contributed by atoms with Crippen molar-refractivity contribution in [2.45, 2.75) is 38.8 Å². The van der Waals surface area contributed by atoms with E-state index in [0.29, 0.717) is 12.8 Å². The van der Waals surface area contributed by atoms with Gasteiger partial charge in [-0.2, -0.15) is 5.10 Å². The molecule has 0 saturated carbocycles. The molecule has 2 atom stereocenters. The van der Waals surface area contributed by atoms with E-state index in [0.717, 1.165) is 30.0 Å². The van der Waals surface area contributed by atoms with Gasteiger partial charge in [0.15, 0.2) is 0 Å². The lowest BCUT2D eigenvalue weighted by atomic mass is 10.1. The van der Waals surface area contributed by atoms with Crippen molar-refractivity contribution in [3.63, 3.8) is 0 Å². The van der Waals surface area contributed by atoms with Gasteiger partial charge in [-0.15, -0.1) is 0 Å². The van der Waals surface area contributed by atoms with Crippen LogP contribution in [0.25, 0.3) is 0 Å². The molecule has 1 aromatic heterocycles. The van der Waals surface area contributed by atoms with Crippen molar-refractivity contribution in [1.29, 1.82) is 0 Å². The number of ether oxygens (including phenoxy) is 1. The molecule has 1 aliphatic rings. The minimum atomic E-state index is 0.0624. The normalized spacial score (nSPS) is 23.2. The molecule has 0 aromatic carbocycles. The summed E-state index contributed by atoms with van der Waals surface area (Å²) in [6, 6.07) is 0.0829. The molecule has 2 heterocycles. The Labute approximate surface area is 119 Å². The Kier molecular flexibility index (Phi) is 4.77. The molecule has 0 aliphatic carbocycles. The molecule has 2 N–H and O–H groups in total. The molecule has 1 aromatic rings. The van der Waals surface area contributed by atoms with Crippen LogP contribution in [-0.4, -0.2) is 60.4 Å². The lowest BCUT2D eigenvalue weighted by Crippen LogP contribution is -2.43. The molecular weight excluding hydrogens is 256 g/mol. The summed E-state index contributed by atoms with van der Waals surface area (Å²) in [5.41, 5.74) is 3.19. The molecule has 6 heteroatoms. The monoisotopic (exact) mass is 280 g/mol. The van der Waals surface area contributed by atoms with Crippen molar-refractivity contribution >= 4 is 5.91 Å². The Bertz CT molecular complexity index is 472. The summed E-state index contributed by atoms with van der Waals surface area (Å²) in [5.74, 6) is 0.0624. The number of rotatable bonds is 5. The molecule has 112 valence electrons. The molecule has 1 aliphatic heterocycles. The van der Waals surface area contributed by atoms with Crippen molar-refractivity contribution in [1.82, 2.24) is 20.4 Å². The van der Waals surface area contributed by atoms with Crippen LogP contribution < -0.4 is 5.32 Å². The van der Waals surface area contributed by atoms with Gasteiger partial charge in [-0.05, 0) is 26.5 Å². The number of likely N-dealkylation sites (tertiary alicyclic amines) is 1. The van der Waals surface area contributed by atoms with Gasteiger partial charge in [0.2, 0.25) is 5.91 Å². The molecule has 0 bridgehead atoms. The Balaban J connectivity index is 1.82. The number of likely N-dealkylation sites (N-methyl/N-ethyl adjacent to an activating group) is 1. The summed E-state index contributed by atoms with van der Waals surface area (Å²) in [4.78, 5) is 14.2. The summed E-state index contributed by atoms with van der Waals surface area (Å²) in [7, 11) is 3.73. The molecule has 1 fully saturated rings. The number of aromatic nitrogens is 2. The first kappa shape index (κ1) is 15.0. The van der Waals surface area contributed by atoms with Crippen LogP contribution in [0, 0.1) is 13.8 Å². The second kappa shape index (κ2) is 6.37. The molecular formula is C14H24N4O2. The van der Waals surface area contributed by atoms with Crippen LogP contribution in [0.15, 0.2) is 0 Å². The van der Waals surface area contributed by atoms with Crippen molar-refractivity contribution < 1.29 is 9.53 Å². The second-order valence-electron chi connectivity index (χ2n) is 5.59. The number of H-pyrrole nitrogens is 1. The maximum absolute atomic E-state index is 12.0. The zero-order valence-corrected chi connectivity index (χ0v) is 12.7. The smallest absolute Gasteiger partial charge is 0.220 e. The average molecular weight is 280 g/mol. The van der Waals surface area contributed by atoms with Gasteiger partial charge in [-0.25, -0.2) is 0 Å². The summed E-state index contributed by atoms with van der Waals surface area (Å²) in [6.07, 6.45) is 1.21. The van der Waals surface area contributed by atoms with Gasteiger partial charge in [0, 0.05) is 38.7 Å². The molecule has 0 radical (unpaired) electrons. The van der Waals surface area contributed by atoms with E-state index >= 15 is 0 Å². The predicted molar refractivity (Wildman–Crippen MR) is 76.6 cm³/mol. The topological polar surface area (TPSA) is 70.2 Å². The van der Waals surface area contributed by atoms with Crippen LogP contribution >= 0.6 is 0 Å². The zero-order chi connectivity index (χ0) is 14.7. The predicted octanol–water partition coefficient (Wildman–Crippen LogP) is 0.404. The van der Waals surface area contributed by atoms with Crippen LogP contribution in [-0.2, 0) is 16.0 Å². The van der Waals surface area contributed by atoms with Crippen LogP contribution in [0.1, 0.15) is 23.4 Å². The quantitative estimate of drug-likeness (QED) is 0.819. The van der Waals surface area contributed by atoms with E-state index in [1.807, 2.05) is 20.9 Å². The molecule has 20 heavy (non-hydrogen) atoms. The highest BCUT2D eigenvalue weighted by Crippen LogP contribution is 2.13. The molecule has 2 rings (SSSR count).